The predicted molar refractivity (Wildman–Crippen MR) is 102 cm³/mol. The van der Waals surface area contributed by atoms with Crippen LogP contribution in [0.4, 0.5) is 5.13 Å². The number of unbranched alkanes of at least 4 members (excludes halogenated alkanes) is 4. The van der Waals surface area contributed by atoms with Gasteiger partial charge in [0.25, 0.3) is 0 Å². The normalized spacial score (nSPS) is 11.7. The number of hydrogen-bond acceptors (Lipinski definition) is 6. The molecule has 2 N–H and O–H groups in total. The van der Waals surface area contributed by atoms with Gasteiger partial charge in [0.2, 0.25) is 11.0 Å². The maximum atomic E-state index is 10.9. The van der Waals surface area contributed by atoms with Crippen LogP contribution in [0.2, 0.25) is 0 Å². The molecule has 25 heavy (non-hydrogen) atoms. The van der Waals surface area contributed by atoms with E-state index in [1.807, 2.05) is 13.8 Å². The Hall–Kier alpha value is -2.06. The molecule has 1 amide bonds. The summed E-state index contributed by atoms with van der Waals surface area (Å²) < 4.78 is 0. The van der Waals surface area contributed by atoms with Crippen LogP contribution in [0.25, 0.3) is 0 Å². The summed E-state index contributed by atoms with van der Waals surface area (Å²) in [5, 5.41) is 18.5. The van der Waals surface area contributed by atoms with Crippen molar-refractivity contribution in [1.29, 1.82) is 0 Å². The predicted octanol–water partition coefficient (Wildman–Crippen LogP) is 3.62. The number of aryl methyl sites for hydroxylation is 1. The highest BCUT2D eigenvalue weighted by molar-refractivity contribution is 7.15. The Balaban J connectivity index is 2.46. The molecule has 0 aliphatic rings. The van der Waals surface area contributed by atoms with E-state index >= 15 is 0 Å². The smallest absolute Gasteiger partial charge is 0.243 e. The van der Waals surface area contributed by atoms with Gasteiger partial charge in [0.1, 0.15) is 10.8 Å². The minimum Gasteiger partial charge on any atom is -0.305 e. The molecule has 0 bridgehead atoms. The molecule has 0 radical (unpaired) electrons. The van der Waals surface area contributed by atoms with Crippen molar-refractivity contribution in [1.82, 2.24) is 15.7 Å². The van der Waals surface area contributed by atoms with E-state index in [1.165, 1.54) is 0 Å². The van der Waals surface area contributed by atoms with Crippen LogP contribution in [0.1, 0.15) is 50.5 Å². The van der Waals surface area contributed by atoms with E-state index in [0.717, 1.165) is 54.6 Å². The second kappa shape index (κ2) is 12.3. The number of hydrogen-bond donors (Lipinski definition) is 2. The molecule has 7 nitrogen and oxygen atoms in total. The first-order chi connectivity index (χ1) is 12.1. The lowest BCUT2D eigenvalue weighted by Crippen LogP contribution is -2.29. The fourth-order valence-corrected chi connectivity index (χ4v) is 2.98. The summed E-state index contributed by atoms with van der Waals surface area (Å²) in [6.45, 7) is 8.35. The summed E-state index contributed by atoms with van der Waals surface area (Å²) in [5.41, 5.74) is 1.65. The molecule has 1 heterocycles. The maximum Gasteiger partial charge on any atom is 0.243 e. The minimum atomic E-state index is -0.322. The SMILES string of the molecule is C=C/C=C\N=C(C)N(CCCCCCCC(=O)NO)c1nnc(C)s1. The average molecular weight is 366 g/mol. The Labute approximate surface area is 153 Å². The van der Waals surface area contributed by atoms with Crippen molar-refractivity contribution in [2.75, 3.05) is 11.4 Å². The van der Waals surface area contributed by atoms with E-state index in [1.54, 1.807) is 35.2 Å². The first-order valence-electron chi connectivity index (χ1n) is 8.41. The fourth-order valence-electron chi connectivity index (χ4n) is 2.21. The number of nitrogens with zero attached hydrogens (tertiary/aromatic N) is 4. The number of allylic oxidation sites excluding steroid dienone is 2. The van der Waals surface area contributed by atoms with Gasteiger partial charge in [-0.15, -0.1) is 10.2 Å². The Morgan fingerprint density at radius 3 is 2.68 bits per heavy atom. The van der Waals surface area contributed by atoms with E-state index in [0.29, 0.717) is 6.42 Å². The van der Waals surface area contributed by atoms with E-state index < -0.39 is 0 Å². The van der Waals surface area contributed by atoms with Crippen LogP contribution in [-0.2, 0) is 4.79 Å². The van der Waals surface area contributed by atoms with Crippen LogP contribution >= 0.6 is 11.3 Å². The second-order valence-corrected chi connectivity index (χ2v) is 6.72. The molecule has 0 saturated carbocycles. The first-order valence-corrected chi connectivity index (χ1v) is 9.22. The number of aliphatic imine (C=N–C) groups is 1. The lowest BCUT2D eigenvalue weighted by molar-refractivity contribution is -0.129. The van der Waals surface area contributed by atoms with Gasteiger partial charge in [-0.1, -0.05) is 43.3 Å². The zero-order chi connectivity index (χ0) is 18.5. The molecule has 0 atom stereocenters. The molecule has 8 heteroatoms. The largest absolute Gasteiger partial charge is 0.305 e. The number of amidine groups is 1. The van der Waals surface area contributed by atoms with E-state index in [4.69, 9.17) is 5.21 Å². The van der Waals surface area contributed by atoms with Gasteiger partial charge in [-0.2, -0.15) is 0 Å². The molecule has 0 fully saturated rings. The Morgan fingerprint density at radius 1 is 1.32 bits per heavy atom. The van der Waals surface area contributed by atoms with Crippen LogP contribution < -0.4 is 10.4 Å². The van der Waals surface area contributed by atoms with Crippen LogP contribution in [-0.4, -0.2) is 33.7 Å². The number of anilines is 1. The molecule has 0 aliphatic carbocycles. The summed E-state index contributed by atoms with van der Waals surface area (Å²) in [6.07, 6.45) is 10.4. The van der Waals surface area contributed by atoms with Gasteiger partial charge >= 0.3 is 0 Å². The molecular formula is C17H27N5O2S. The Kier molecular flexibility index (Phi) is 10.3. The highest BCUT2D eigenvalue weighted by atomic mass is 32.1. The molecule has 138 valence electrons. The molecule has 1 rings (SSSR count). The van der Waals surface area contributed by atoms with Crippen LogP contribution in [0, 0.1) is 6.92 Å². The number of hydroxylamine groups is 1. The van der Waals surface area contributed by atoms with Crippen molar-refractivity contribution in [3.63, 3.8) is 0 Å². The first kappa shape index (κ1) is 21.0. The van der Waals surface area contributed by atoms with Crippen molar-refractivity contribution >= 4 is 28.2 Å². The summed E-state index contributed by atoms with van der Waals surface area (Å²) >= 11 is 1.55. The van der Waals surface area contributed by atoms with Crippen LogP contribution in [0.15, 0.2) is 29.9 Å². The molecular weight excluding hydrogens is 338 g/mol. The zero-order valence-electron chi connectivity index (χ0n) is 14.9. The lowest BCUT2D eigenvalue weighted by atomic mass is 10.1. The number of nitrogens with one attached hydrogen (secondary N) is 1. The summed E-state index contributed by atoms with van der Waals surface area (Å²) in [7, 11) is 0. The van der Waals surface area contributed by atoms with Crippen molar-refractivity contribution in [2.45, 2.75) is 52.4 Å². The third-order valence-electron chi connectivity index (χ3n) is 3.53. The number of amides is 1. The topological polar surface area (TPSA) is 90.7 Å². The van der Waals surface area contributed by atoms with Crippen molar-refractivity contribution in [3.05, 3.63) is 29.9 Å². The summed E-state index contributed by atoms with van der Waals surface area (Å²) in [4.78, 5) is 17.4. The van der Waals surface area contributed by atoms with E-state index in [2.05, 4.69) is 26.7 Å². The molecule has 0 aliphatic heterocycles. The van der Waals surface area contributed by atoms with Gasteiger partial charge in [-0.05, 0) is 32.8 Å². The van der Waals surface area contributed by atoms with Crippen LogP contribution in [0.3, 0.4) is 0 Å². The van der Waals surface area contributed by atoms with Gasteiger partial charge < -0.3 is 4.90 Å². The van der Waals surface area contributed by atoms with Crippen molar-refractivity contribution in [3.8, 4) is 0 Å². The van der Waals surface area contributed by atoms with Gasteiger partial charge in [0, 0.05) is 19.2 Å². The monoisotopic (exact) mass is 365 g/mol. The quantitative estimate of drug-likeness (QED) is 0.156. The van der Waals surface area contributed by atoms with Crippen LogP contribution in [0.5, 0.6) is 0 Å². The Bertz CT molecular complexity index is 598. The number of aromatic nitrogens is 2. The molecule has 0 spiro atoms. The van der Waals surface area contributed by atoms with Crippen molar-refractivity contribution < 1.29 is 10.0 Å². The number of carbonyl (C=O) groups excluding carboxylic acids is 1. The van der Waals surface area contributed by atoms with Crippen molar-refractivity contribution in [2.24, 2.45) is 4.99 Å². The van der Waals surface area contributed by atoms with Gasteiger partial charge in [-0.3, -0.25) is 10.0 Å². The molecule has 1 aromatic rings. The number of carbonyl (C=O) groups is 1. The third-order valence-corrected chi connectivity index (χ3v) is 4.39. The molecule has 0 unspecified atom stereocenters. The molecule has 1 aromatic heterocycles. The third kappa shape index (κ3) is 8.55. The summed E-state index contributed by atoms with van der Waals surface area (Å²) in [5.74, 6) is 0.547. The Morgan fingerprint density at radius 2 is 2.04 bits per heavy atom. The highest BCUT2D eigenvalue weighted by Gasteiger charge is 2.13. The standard InChI is InChI=1S/C17H27N5O2S/c1-4-5-12-18-14(2)22(17-20-19-15(3)25-17)13-10-8-6-7-9-11-16(23)21-24/h4-5,12,24H,1,6-11,13H2,2-3H3,(H,21,23)/b12-5-,18-14?. The minimum absolute atomic E-state index is 0.322. The lowest BCUT2D eigenvalue weighted by Gasteiger charge is -2.20. The van der Waals surface area contributed by atoms with Gasteiger partial charge in [0.15, 0.2) is 0 Å². The molecule has 0 aromatic carbocycles. The average Bonchev–Trinajstić information content (AvgIpc) is 3.03. The maximum absolute atomic E-state index is 10.9. The van der Waals surface area contributed by atoms with E-state index in [9.17, 15) is 4.79 Å². The highest BCUT2D eigenvalue weighted by Crippen LogP contribution is 2.21. The second-order valence-electron chi connectivity index (χ2n) is 5.56. The van der Waals surface area contributed by atoms with Gasteiger partial charge in [-0.25, -0.2) is 10.5 Å². The molecule has 0 saturated heterocycles. The summed E-state index contributed by atoms with van der Waals surface area (Å²) in [6, 6.07) is 0. The number of rotatable bonds is 11. The van der Waals surface area contributed by atoms with Gasteiger partial charge in [0.05, 0.1) is 0 Å². The fraction of sp³-hybridized carbons (Fsp3) is 0.529. The zero-order valence-corrected chi connectivity index (χ0v) is 15.8. The van der Waals surface area contributed by atoms with E-state index in [-0.39, 0.29) is 5.91 Å².